The zero-order valence-corrected chi connectivity index (χ0v) is 11.3. The van der Waals surface area contributed by atoms with Gasteiger partial charge in [-0.1, -0.05) is 18.2 Å². The summed E-state index contributed by atoms with van der Waals surface area (Å²) in [4.78, 5) is 0. The second-order valence-corrected chi connectivity index (χ2v) is 4.32. The zero-order valence-electron chi connectivity index (χ0n) is 11.3. The highest BCUT2D eigenvalue weighted by atomic mass is 16.5. The summed E-state index contributed by atoms with van der Waals surface area (Å²) in [7, 11) is 1.53. The van der Waals surface area contributed by atoms with Crippen molar-refractivity contribution in [2.45, 2.75) is 13.0 Å². The van der Waals surface area contributed by atoms with E-state index in [1.807, 2.05) is 12.1 Å². The van der Waals surface area contributed by atoms with E-state index in [1.165, 1.54) is 7.11 Å². The molecule has 0 heterocycles. The second-order valence-electron chi connectivity index (χ2n) is 4.32. The number of rotatable bonds is 4. The highest BCUT2D eigenvalue weighted by Crippen LogP contribution is 2.31. The van der Waals surface area contributed by atoms with E-state index < -0.39 is 6.10 Å². The van der Waals surface area contributed by atoms with E-state index in [-0.39, 0.29) is 0 Å². The summed E-state index contributed by atoms with van der Waals surface area (Å²) in [5.74, 6) is 1.60. The van der Waals surface area contributed by atoms with Crippen molar-refractivity contribution in [2.24, 2.45) is 0 Å². The summed E-state index contributed by atoms with van der Waals surface area (Å²) in [5.41, 5.74) is 1.14. The van der Waals surface area contributed by atoms with Crippen LogP contribution in [-0.2, 0) is 0 Å². The third-order valence-electron chi connectivity index (χ3n) is 2.84. The van der Waals surface area contributed by atoms with Crippen molar-refractivity contribution in [1.82, 2.24) is 0 Å². The van der Waals surface area contributed by atoms with Crippen LogP contribution in [0.1, 0.15) is 24.2 Å². The Bertz CT molecular complexity index is 644. The summed E-state index contributed by atoms with van der Waals surface area (Å²) in [6, 6.07) is 14.2. The number of aliphatic hydroxyl groups is 1. The molecule has 2 rings (SSSR count). The van der Waals surface area contributed by atoms with Crippen LogP contribution in [0.4, 0.5) is 0 Å². The Hall–Kier alpha value is -2.51. The van der Waals surface area contributed by atoms with E-state index in [0.717, 1.165) is 0 Å². The maximum absolute atomic E-state index is 9.73. The molecule has 20 heavy (non-hydrogen) atoms. The van der Waals surface area contributed by atoms with Crippen molar-refractivity contribution >= 4 is 0 Å². The highest BCUT2D eigenvalue weighted by molar-refractivity contribution is 5.46. The smallest absolute Gasteiger partial charge is 0.133 e. The minimum atomic E-state index is -0.632. The normalized spacial score (nSPS) is 11.5. The number of methoxy groups -OCH3 is 1. The Kier molecular flexibility index (Phi) is 4.24. The molecule has 0 radical (unpaired) electrons. The number of para-hydroxylation sites is 1. The molecule has 0 aromatic heterocycles. The van der Waals surface area contributed by atoms with Gasteiger partial charge in [0.25, 0.3) is 0 Å². The van der Waals surface area contributed by atoms with Gasteiger partial charge < -0.3 is 14.6 Å². The quantitative estimate of drug-likeness (QED) is 0.923. The molecule has 0 saturated carbocycles. The van der Waals surface area contributed by atoms with Gasteiger partial charge in [-0.25, -0.2) is 0 Å². The van der Waals surface area contributed by atoms with Crippen LogP contribution in [0.15, 0.2) is 42.5 Å². The molecule has 102 valence electrons. The summed E-state index contributed by atoms with van der Waals surface area (Å²) in [6.07, 6.45) is -0.632. The lowest BCUT2D eigenvalue weighted by Crippen LogP contribution is -1.96. The fraction of sp³-hybridized carbons (Fsp3) is 0.188. The molecular formula is C16H15NO3. The third-order valence-corrected chi connectivity index (χ3v) is 2.84. The molecule has 0 aliphatic heterocycles. The SMILES string of the molecule is COc1cc(C#N)cc(Oc2ccccc2[C@@H](C)O)c1. The predicted molar refractivity (Wildman–Crippen MR) is 74.9 cm³/mol. The Balaban J connectivity index is 2.38. The maximum atomic E-state index is 9.73. The average Bonchev–Trinajstić information content (AvgIpc) is 2.47. The summed E-state index contributed by atoms with van der Waals surface area (Å²) < 4.78 is 10.9. The van der Waals surface area contributed by atoms with E-state index in [9.17, 15) is 5.11 Å². The van der Waals surface area contributed by atoms with Gasteiger partial charge in [-0.3, -0.25) is 0 Å². The molecule has 4 nitrogen and oxygen atoms in total. The maximum Gasteiger partial charge on any atom is 0.133 e. The average molecular weight is 269 g/mol. The lowest BCUT2D eigenvalue weighted by molar-refractivity contribution is 0.195. The van der Waals surface area contributed by atoms with E-state index in [0.29, 0.717) is 28.4 Å². The van der Waals surface area contributed by atoms with Crippen LogP contribution in [0.3, 0.4) is 0 Å². The van der Waals surface area contributed by atoms with Gasteiger partial charge in [0.15, 0.2) is 0 Å². The first-order valence-electron chi connectivity index (χ1n) is 6.18. The van der Waals surface area contributed by atoms with Gasteiger partial charge in [-0.2, -0.15) is 5.26 Å². The highest BCUT2D eigenvalue weighted by Gasteiger charge is 2.10. The van der Waals surface area contributed by atoms with Crippen LogP contribution < -0.4 is 9.47 Å². The van der Waals surface area contributed by atoms with Crippen LogP contribution in [-0.4, -0.2) is 12.2 Å². The first kappa shape index (κ1) is 13.9. The van der Waals surface area contributed by atoms with Crippen LogP contribution >= 0.6 is 0 Å². The van der Waals surface area contributed by atoms with E-state index in [4.69, 9.17) is 14.7 Å². The van der Waals surface area contributed by atoms with Crippen LogP contribution in [0.5, 0.6) is 17.2 Å². The van der Waals surface area contributed by atoms with Crippen LogP contribution in [0.25, 0.3) is 0 Å². The monoisotopic (exact) mass is 269 g/mol. The number of nitriles is 1. The Morgan fingerprint density at radius 2 is 1.85 bits per heavy atom. The van der Waals surface area contributed by atoms with Crippen molar-refractivity contribution < 1.29 is 14.6 Å². The van der Waals surface area contributed by atoms with Crippen LogP contribution in [0.2, 0.25) is 0 Å². The van der Waals surface area contributed by atoms with Crippen molar-refractivity contribution in [1.29, 1.82) is 5.26 Å². The Morgan fingerprint density at radius 3 is 2.50 bits per heavy atom. The third kappa shape index (κ3) is 3.08. The van der Waals surface area contributed by atoms with Crippen molar-refractivity contribution in [3.63, 3.8) is 0 Å². The van der Waals surface area contributed by atoms with Gasteiger partial charge in [-0.05, 0) is 25.1 Å². The van der Waals surface area contributed by atoms with E-state index in [1.54, 1.807) is 37.3 Å². The molecule has 2 aromatic rings. The topological polar surface area (TPSA) is 62.5 Å². The zero-order chi connectivity index (χ0) is 14.5. The molecule has 0 amide bonds. The molecule has 0 bridgehead atoms. The fourth-order valence-corrected chi connectivity index (χ4v) is 1.86. The molecule has 0 saturated heterocycles. The Morgan fingerprint density at radius 1 is 1.15 bits per heavy atom. The second kappa shape index (κ2) is 6.09. The lowest BCUT2D eigenvalue weighted by atomic mass is 10.1. The number of hydrogen-bond acceptors (Lipinski definition) is 4. The van der Waals surface area contributed by atoms with Gasteiger partial charge in [-0.15, -0.1) is 0 Å². The Labute approximate surface area is 117 Å². The first-order chi connectivity index (χ1) is 9.63. The van der Waals surface area contributed by atoms with Crippen molar-refractivity contribution in [3.05, 3.63) is 53.6 Å². The van der Waals surface area contributed by atoms with Crippen molar-refractivity contribution in [2.75, 3.05) is 7.11 Å². The fourth-order valence-electron chi connectivity index (χ4n) is 1.86. The van der Waals surface area contributed by atoms with Crippen LogP contribution in [0, 0.1) is 11.3 Å². The number of benzene rings is 2. The number of hydrogen-bond donors (Lipinski definition) is 1. The molecule has 0 unspecified atom stereocenters. The van der Waals surface area contributed by atoms with Gasteiger partial charge >= 0.3 is 0 Å². The largest absolute Gasteiger partial charge is 0.497 e. The van der Waals surface area contributed by atoms with Gasteiger partial charge in [0.2, 0.25) is 0 Å². The molecular weight excluding hydrogens is 254 g/mol. The summed E-state index contributed by atoms with van der Waals surface area (Å²) >= 11 is 0. The van der Waals surface area contributed by atoms with E-state index in [2.05, 4.69) is 6.07 Å². The predicted octanol–water partition coefficient (Wildman–Crippen LogP) is 3.41. The minimum absolute atomic E-state index is 0.453. The first-order valence-corrected chi connectivity index (χ1v) is 6.18. The standard InChI is InChI=1S/C16H15NO3/c1-11(18)15-5-3-4-6-16(15)20-14-8-12(10-17)7-13(9-14)19-2/h3-9,11,18H,1-2H3/t11-/m1/s1. The molecule has 4 heteroatoms. The van der Waals surface area contributed by atoms with E-state index >= 15 is 0 Å². The summed E-state index contributed by atoms with van der Waals surface area (Å²) in [5, 5.41) is 18.7. The molecule has 1 atom stereocenters. The summed E-state index contributed by atoms with van der Waals surface area (Å²) in [6.45, 7) is 1.68. The number of nitrogens with zero attached hydrogens (tertiary/aromatic N) is 1. The van der Waals surface area contributed by atoms with Gasteiger partial charge in [0, 0.05) is 11.6 Å². The van der Waals surface area contributed by atoms with Gasteiger partial charge in [0.05, 0.1) is 24.8 Å². The molecule has 0 fully saturated rings. The molecule has 1 N–H and O–H groups in total. The molecule has 0 aliphatic rings. The molecule has 2 aromatic carbocycles. The lowest BCUT2D eigenvalue weighted by Gasteiger charge is -2.13. The molecule has 0 spiro atoms. The van der Waals surface area contributed by atoms with Crippen molar-refractivity contribution in [3.8, 4) is 23.3 Å². The minimum Gasteiger partial charge on any atom is -0.497 e. The van der Waals surface area contributed by atoms with Gasteiger partial charge in [0.1, 0.15) is 17.2 Å². The number of aliphatic hydroxyl groups excluding tert-OH is 1. The molecule has 0 aliphatic carbocycles. The number of ether oxygens (including phenoxy) is 2.